The molecule has 2 N–H and O–H groups in total. The number of aromatic nitrogens is 4. The monoisotopic (exact) mass is 416 g/mol. The van der Waals surface area contributed by atoms with Crippen LogP contribution in [0.15, 0.2) is 60.7 Å². The van der Waals surface area contributed by atoms with Gasteiger partial charge in [-0.15, -0.1) is 10.2 Å². The number of H-pyrrole nitrogens is 1. The normalized spacial score (nSPS) is 14.7. The van der Waals surface area contributed by atoms with E-state index in [1.807, 2.05) is 36.4 Å². The maximum atomic E-state index is 13.1. The molecule has 31 heavy (non-hydrogen) atoms. The highest BCUT2D eigenvalue weighted by molar-refractivity contribution is 5.92. The van der Waals surface area contributed by atoms with Crippen LogP contribution in [0.2, 0.25) is 0 Å². The Morgan fingerprint density at radius 3 is 2.48 bits per heavy atom. The van der Waals surface area contributed by atoms with Crippen LogP contribution in [0.3, 0.4) is 0 Å². The van der Waals surface area contributed by atoms with Crippen LogP contribution in [0, 0.1) is 11.7 Å². The Balaban J connectivity index is 1.19. The fraction of sp³-hybridized carbons (Fsp3) is 0.217. The van der Waals surface area contributed by atoms with E-state index in [2.05, 4.69) is 30.4 Å². The number of imidazole rings is 1. The number of hydrogen-bond acceptors (Lipinski definition) is 5. The summed E-state index contributed by atoms with van der Waals surface area (Å²) in [5, 5.41) is 11.5. The van der Waals surface area contributed by atoms with Gasteiger partial charge in [-0.1, -0.05) is 12.1 Å². The van der Waals surface area contributed by atoms with Crippen molar-refractivity contribution < 1.29 is 9.18 Å². The van der Waals surface area contributed by atoms with Crippen LogP contribution in [0.4, 0.5) is 16.2 Å². The number of anilines is 2. The van der Waals surface area contributed by atoms with Crippen LogP contribution in [0.25, 0.3) is 22.3 Å². The third-order valence-corrected chi connectivity index (χ3v) is 5.61. The molecule has 4 aromatic rings. The van der Waals surface area contributed by atoms with Gasteiger partial charge in [0.15, 0.2) is 5.82 Å². The third-order valence-electron chi connectivity index (χ3n) is 5.61. The molecule has 0 bridgehead atoms. The minimum atomic E-state index is -0.277. The summed E-state index contributed by atoms with van der Waals surface area (Å²) >= 11 is 0. The van der Waals surface area contributed by atoms with E-state index in [0.29, 0.717) is 11.6 Å². The minimum absolute atomic E-state index is 0.0172. The number of benzene rings is 2. The van der Waals surface area contributed by atoms with Crippen molar-refractivity contribution in [3.63, 3.8) is 0 Å². The molecule has 5 rings (SSSR count). The number of halogens is 1. The number of amides is 1. The summed E-state index contributed by atoms with van der Waals surface area (Å²) in [7, 11) is 0. The van der Waals surface area contributed by atoms with Crippen molar-refractivity contribution in [2.75, 3.05) is 23.3 Å². The number of carbonyl (C=O) groups excluding carboxylic acids is 1. The van der Waals surface area contributed by atoms with Crippen molar-refractivity contribution in [2.45, 2.75) is 12.8 Å². The van der Waals surface area contributed by atoms with Crippen molar-refractivity contribution >= 4 is 28.7 Å². The molecule has 2 aromatic carbocycles. The molecule has 0 radical (unpaired) electrons. The summed E-state index contributed by atoms with van der Waals surface area (Å²) in [4.78, 5) is 22.3. The lowest BCUT2D eigenvalue weighted by Crippen LogP contribution is -2.38. The fourth-order valence-electron chi connectivity index (χ4n) is 3.87. The van der Waals surface area contributed by atoms with Gasteiger partial charge in [-0.2, -0.15) is 0 Å². The summed E-state index contributed by atoms with van der Waals surface area (Å²) in [6.07, 6.45) is 1.46. The SMILES string of the molecule is O=C(Nc1nc2ccccc2[nH]1)C1CCN(c2ccc(-c3ccc(F)cc3)nn2)CC1. The smallest absolute Gasteiger partial charge is 0.229 e. The molecule has 0 saturated carbocycles. The predicted octanol–water partition coefficient (Wildman–Crippen LogP) is 4.01. The van der Waals surface area contributed by atoms with Gasteiger partial charge in [0.25, 0.3) is 0 Å². The van der Waals surface area contributed by atoms with Gasteiger partial charge in [-0.3, -0.25) is 10.1 Å². The Morgan fingerprint density at radius 2 is 1.77 bits per heavy atom. The first kappa shape index (κ1) is 19.2. The standard InChI is InChI=1S/C23H21FN6O/c24-17-7-5-15(6-8-17)18-9-10-21(29-28-18)30-13-11-16(12-14-30)22(31)27-23-25-19-3-1-2-4-20(19)26-23/h1-10,16H,11-14H2,(H2,25,26,27,31). The highest BCUT2D eigenvalue weighted by Crippen LogP contribution is 2.24. The molecule has 1 aliphatic rings. The van der Waals surface area contributed by atoms with E-state index < -0.39 is 0 Å². The zero-order valence-corrected chi connectivity index (χ0v) is 16.8. The van der Waals surface area contributed by atoms with Gasteiger partial charge in [0.05, 0.1) is 16.7 Å². The van der Waals surface area contributed by atoms with Crippen LogP contribution < -0.4 is 10.2 Å². The van der Waals surface area contributed by atoms with Crippen LogP contribution >= 0.6 is 0 Å². The Labute approximate surface area is 178 Å². The molecule has 1 fully saturated rings. The summed E-state index contributed by atoms with van der Waals surface area (Å²) in [6, 6.07) is 17.7. The number of rotatable bonds is 4. The molecule has 0 spiro atoms. The van der Waals surface area contributed by atoms with Gasteiger partial charge < -0.3 is 9.88 Å². The van der Waals surface area contributed by atoms with Gasteiger partial charge in [0.2, 0.25) is 11.9 Å². The molecule has 1 aliphatic heterocycles. The van der Waals surface area contributed by atoms with E-state index >= 15 is 0 Å². The van der Waals surface area contributed by atoms with Gasteiger partial charge in [0, 0.05) is 24.6 Å². The molecule has 0 aliphatic carbocycles. The van der Waals surface area contributed by atoms with Crippen LogP contribution in [0.1, 0.15) is 12.8 Å². The lowest BCUT2D eigenvalue weighted by atomic mass is 9.96. The number of para-hydroxylation sites is 2. The molecule has 2 aromatic heterocycles. The lowest BCUT2D eigenvalue weighted by molar-refractivity contribution is -0.120. The van der Waals surface area contributed by atoms with E-state index in [9.17, 15) is 9.18 Å². The van der Waals surface area contributed by atoms with Crippen molar-refractivity contribution in [1.29, 1.82) is 0 Å². The van der Waals surface area contributed by atoms with Gasteiger partial charge in [0.1, 0.15) is 5.82 Å². The topological polar surface area (TPSA) is 86.8 Å². The number of hydrogen-bond donors (Lipinski definition) is 2. The Kier molecular flexibility index (Phi) is 5.03. The molecule has 1 saturated heterocycles. The highest BCUT2D eigenvalue weighted by Gasteiger charge is 2.26. The molecule has 8 heteroatoms. The average Bonchev–Trinajstić information content (AvgIpc) is 3.22. The van der Waals surface area contributed by atoms with E-state index in [4.69, 9.17) is 0 Å². The average molecular weight is 416 g/mol. The molecule has 3 heterocycles. The maximum absolute atomic E-state index is 13.1. The van der Waals surface area contributed by atoms with E-state index in [0.717, 1.165) is 48.3 Å². The number of aromatic amines is 1. The minimum Gasteiger partial charge on any atom is -0.355 e. The van der Waals surface area contributed by atoms with Crippen molar-refractivity contribution in [3.05, 3.63) is 66.5 Å². The predicted molar refractivity (Wildman–Crippen MR) is 117 cm³/mol. The highest BCUT2D eigenvalue weighted by atomic mass is 19.1. The second-order valence-corrected chi connectivity index (χ2v) is 7.64. The first-order chi connectivity index (χ1) is 15.2. The van der Waals surface area contributed by atoms with Gasteiger partial charge in [-0.25, -0.2) is 9.37 Å². The number of fused-ring (bicyclic) bond motifs is 1. The quantitative estimate of drug-likeness (QED) is 0.525. The summed E-state index contributed by atoms with van der Waals surface area (Å²) < 4.78 is 13.1. The molecular formula is C23H21FN6O. The second kappa shape index (κ2) is 8.14. The molecule has 0 unspecified atom stereocenters. The van der Waals surface area contributed by atoms with Crippen molar-refractivity contribution in [3.8, 4) is 11.3 Å². The van der Waals surface area contributed by atoms with Crippen LogP contribution in [-0.2, 0) is 4.79 Å². The molecule has 0 atom stereocenters. The van der Waals surface area contributed by atoms with Crippen molar-refractivity contribution in [1.82, 2.24) is 20.2 Å². The number of nitrogens with zero attached hydrogens (tertiary/aromatic N) is 4. The fourth-order valence-corrected chi connectivity index (χ4v) is 3.87. The molecular weight excluding hydrogens is 395 g/mol. The second-order valence-electron chi connectivity index (χ2n) is 7.64. The summed E-state index contributed by atoms with van der Waals surface area (Å²) in [5.74, 6) is 0.894. The first-order valence-corrected chi connectivity index (χ1v) is 10.3. The van der Waals surface area contributed by atoms with E-state index in [-0.39, 0.29) is 17.6 Å². The lowest BCUT2D eigenvalue weighted by Gasteiger charge is -2.31. The molecule has 1 amide bonds. The maximum Gasteiger partial charge on any atom is 0.229 e. The summed E-state index contributed by atoms with van der Waals surface area (Å²) in [6.45, 7) is 1.45. The van der Waals surface area contributed by atoms with Gasteiger partial charge >= 0.3 is 0 Å². The Hall–Kier alpha value is -3.81. The van der Waals surface area contributed by atoms with Crippen LogP contribution in [0.5, 0.6) is 0 Å². The number of carbonyl (C=O) groups is 1. The molecule has 7 nitrogen and oxygen atoms in total. The first-order valence-electron chi connectivity index (χ1n) is 10.3. The third kappa shape index (κ3) is 4.09. The Bertz CT molecular complexity index is 1160. The van der Waals surface area contributed by atoms with E-state index in [1.165, 1.54) is 12.1 Å². The zero-order chi connectivity index (χ0) is 21.2. The Morgan fingerprint density at radius 1 is 1.00 bits per heavy atom. The molecule has 156 valence electrons. The number of nitrogens with one attached hydrogen (secondary N) is 2. The van der Waals surface area contributed by atoms with Crippen molar-refractivity contribution in [2.24, 2.45) is 5.92 Å². The zero-order valence-electron chi connectivity index (χ0n) is 16.8. The van der Waals surface area contributed by atoms with E-state index in [1.54, 1.807) is 12.1 Å². The van der Waals surface area contributed by atoms with Crippen LogP contribution in [-0.4, -0.2) is 39.2 Å². The number of piperidine rings is 1. The van der Waals surface area contributed by atoms with Gasteiger partial charge in [-0.05, 0) is 61.4 Å². The largest absolute Gasteiger partial charge is 0.355 e. The summed E-state index contributed by atoms with van der Waals surface area (Å²) in [5.41, 5.74) is 3.25.